The summed E-state index contributed by atoms with van der Waals surface area (Å²) in [7, 11) is 0. The van der Waals surface area contributed by atoms with Gasteiger partial charge in [-0.25, -0.2) is 9.59 Å². The van der Waals surface area contributed by atoms with Gasteiger partial charge in [0.2, 0.25) is 0 Å². The number of ether oxygens (including phenoxy) is 2. The van der Waals surface area contributed by atoms with E-state index in [1.165, 1.54) is 76.4 Å². The lowest BCUT2D eigenvalue weighted by atomic mass is 10.1. The fourth-order valence-electron chi connectivity index (χ4n) is 3.15. The van der Waals surface area contributed by atoms with Crippen molar-refractivity contribution in [3.63, 3.8) is 0 Å². The van der Waals surface area contributed by atoms with Gasteiger partial charge in [-0.2, -0.15) is 0 Å². The minimum absolute atomic E-state index is 0.119. The Morgan fingerprint density at radius 2 is 0.929 bits per heavy atom. The molecule has 0 spiro atoms. The molecular weight excluding hydrogens is 352 g/mol. The minimum Gasteiger partial charge on any atom is -0.460 e. The molecule has 0 aromatic carbocycles. The molecule has 2 atom stereocenters. The van der Waals surface area contributed by atoms with Crippen molar-refractivity contribution in [2.24, 2.45) is 0 Å². The molecule has 0 saturated carbocycles. The zero-order valence-electron chi connectivity index (χ0n) is 18.8. The first-order valence-electron chi connectivity index (χ1n) is 11.6. The number of esters is 2. The Hall–Kier alpha value is -1.32. The van der Waals surface area contributed by atoms with E-state index in [1.807, 2.05) is 13.8 Å². The van der Waals surface area contributed by atoms with Crippen LogP contribution < -0.4 is 0 Å². The van der Waals surface area contributed by atoms with E-state index in [4.69, 9.17) is 9.47 Å². The predicted octanol–water partition coefficient (Wildman–Crippen LogP) is 6.91. The summed E-state index contributed by atoms with van der Waals surface area (Å²) < 4.78 is 10.6. The van der Waals surface area contributed by atoms with Crippen LogP contribution in [0.5, 0.6) is 0 Å². The molecule has 4 heteroatoms. The van der Waals surface area contributed by atoms with Crippen molar-refractivity contribution >= 4 is 11.9 Å². The third-order valence-corrected chi connectivity index (χ3v) is 4.92. The molecule has 0 rings (SSSR count). The van der Waals surface area contributed by atoms with Gasteiger partial charge in [-0.05, 0) is 39.5 Å². The fraction of sp³-hybridized carbons (Fsp3) is 0.833. The van der Waals surface area contributed by atoms with E-state index >= 15 is 0 Å². The molecule has 0 aliphatic heterocycles. The molecule has 0 heterocycles. The predicted molar refractivity (Wildman–Crippen MR) is 116 cm³/mol. The standard InChI is InChI=1S/C24H44O4/c1-5-7-9-11-13-15-17-21(3)27-23(25)19-20-24(26)28-22(4)18-16-14-12-10-8-6-2/h19-22H,5-18H2,1-4H3/b20-19+. The van der Waals surface area contributed by atoms with Crippen LogP contribution in [0, 0.1) is 0 Å². The van der Waals surface area contributed by atoms with E-state index in [2.05, 4.69) is 13.8 Å². The van der Waals surface area contributed by atoms with E-state index in [-0.39, 0.29) is 12.2 Å². The Morgan fingerprint density at radius 3 is 1.29 bits per heavy atom. The van der Waals surface area contributed by atoms with Crippen LogP contribution in [0.15, 0.2) is 12.2 Å². The molecular formula is C24H44O4. The lowest BCUT2D eigenvalue weighted by Crippen LogP contribution is -2.15. The number of hydrogen-bond donors (Lipinski definition) is 0. The third-order valence-electron chi connectivity index (χ3n) is 4.92. The molecule has 0 aliphatic rings. The summed E-state index contributed by atoms with van der Waals surface area (Å²) in [6.07, 6.45) is 18.5. The van der Waals surface area contributed by atoms with E-state index in [1.54, 1.807) is 0 Å². The number of hydrogen-bond acceptors (Lipinski definition) is 4. The molecule has 0 amide bonds. The molecule has 0 aromatic rings. The van der Waals surface area contributed by atoms with E-state index in [0.29, 0.717) is 0 Å². The van der Waals surface area contributed by atoms with Crippen LogP contribution in [0.4, 0.5) is 0 Å². The molecule has 0 N–H and O–H groups in total. The first-order chi connectivity index (χ1) is 13.5. The van der Waals surface area contributed by atoms with Crippen molar-refractivity contribution in [3.8, 4) is 0 Å². The van der Waals surface area contributed by atoms with Crippen LogP contribution in [-0.2, 0) is 19.1 Å². The second-order valence-electron chi connectivity index (χ2n) is 7.94. The molecule has 0 radical (unpaired) electrons. The normalized spacial score (nSPS) is 13.4. The number of carbonyl (C=O) groups excluding carboxylic acids is 2. The van der Waals surface area contributed by atoms with Gasteiger partial charge in [-0.3, -0.25) is 0 Å². The van der Waals surface area contributed by atoms with Crippen molar-refractivity contribution in [1.29, 1.82) is 0 Å². The molecule has 0 aromatic heterocycles. The Balaban J connectivity index is 3.80. The summed E-state index contributed by atoms with van der Waals surface area (Å²) in [5.41, 5.74) is 0. The van der Waals surface area contributed by atoms with Gasteiger partial charge in [0.05, 0.1) is 12.2 Å². The maximum Gasteiger partial charge on any atom is 0.331 e. The van der Waals surface area contributed by atoms with Gasteiger partial charge < -0.3 is 9.47 Å². The summed E-state index contributed by atoms with van der Waals surface area (Å²) >= 11 is 0. The average molecular weight is 397 g/mol. The van der Waals surface area contributed by atoms with Gasteiger partial charge in [0.15, 0.2) is 0 Å². The lowest BCUT2D eigenvalue weighted by molar-refractivity contribution is -0.145. The van der Waals surface area contributed by atoms with Gasteiger partial charge in [-0.1, -0.05) is 78.1 Å². The highest BCUT2D eigenvalue weighted by atomic mass is 16.5. The van der Waals surface area contributed by atoms with Gasteiger partial charge in [0.25, 0.3) is 0 Å². The van der Waals surface area contributed by atoms with Crippen LogP contribution in [0.2, 0.25) is 0 Å². The van der Waals surface area contributed by atoms with Crippen molar-refractivity contribution in [1.82, 2.24) is 0 Å². The molecule has 0 bridgehead atoms. The Labute approximate surface area is 173 Å². The van der Waals surface area contributed by atoms with E-state index in [0.717, 1.165) is 25.7 Å². The van der Waals surface area contributed by atoms with Crippen LogP contribution in [0.25, 0.3) is 0 Å². The fourth-order valence-corrected chi connectivity index (χ4v) is 3.15. The number of unbranched alkanes of at least 4 members (excludes halogenated alkanes) is 10. The first-order valence-corrected chi connectivity index (χ1v) is 11.6. The van der Waals surface area contributed by atoms with Gasteiger partial charge in [0.1, 0.15) is 0 Å². The van der Waals surface area contributed by atoms with Gasteiger partial charge >= 0.3 is 11.9 Å². The van der Waals surface area contributed by atoms with Crippen LogP contribution in [0.1, 0.15) is 118 Å². The molecule has 4 nitrogen and oxygen atoms in total. The lowest BCUT2D eigenvalue weighted by Gasteiger charge is -2.12. The SMILES string of the molecule is CCCCCCCCC(C)OC(=O)/C=C/C(=O)OC(C)CCCCCCCC. The Morgan fingerprint density at radius 1 is 0.607 bits per heavy atom. The van der Waals surface area contributed by atoms with E-state index in [9.17, 15) is 9.59 Å². The van der Waals surface area contributed by atoms with Gasteiger partial charge in [-0.15, -0.1) is 0 Å². The second-order valence-corrected chi connectivity index (χ2v) is 7.94. The smallest absolute Gasteiger partial charge is 0.331 e. The second kappa shape index (κ2) is 19.0. The summed E-state index contributed by atoms with van der Waals surface area (Å²) in [5, 5.41) is 0. The maximum absolute atomic E-state index is 11.8. The largest absolute Gasteiger partial charge is 0.460 e. The minimum atomic E-state index is -0.473. The number of carbonyl (C=O) groups is 2. The van der Waals surface area contributed by atoms with Crippen molar-refractivity contribution in [2.75, 3.05) is 0 Å². The summed E-state index contributed by atoms with van der Waals surface area (Å²) in [4.78, 5) is 23.6. The van der Waals surface area contributed by atoms with Crippen molar-refractivity contribution in [3.05, 3.63) is 12.2 Å². The quantitative estimate of drug-likeness (QED) is 0.143. The summed E-state index contributed by atoms with van der Waals surface area (Å²) in [5.74, 6) is -0.946. The maximum atomic E-state index is 11.8. The van der Waals surface area contributed by atoms with Crippen molar-refractivity contribution < 1.29 is 19.1 Å². The van der Waals surface area contributed by atoms with Crippen LogP contribution in [-0.4, -0.2) is 24.1 Å². The Bertz CT molecular complexity index is 379. The topological polar surface area (TPSA) is 52.6 Å². The molecule has 0 fully saturated rings. The zero-order chi connectivity index (χ0) is 21.0. The van der Waals surface area contributed by atoms with Crippen LogP contribution in [0.3, 0.4) is 0 Å². The highest BCUT2D eigenvalue weighted by molar-refractivity contribution is 5.91. The molecule has 164 valence electrons. The summed E-state index contributed by atoms with van der Waals surface area (Å²) in [6, 6.07) is 0. The molecule has 28 heavy (non-hydrogen) atoms. The van der Waals surface area contributed by atoms with Gasteiger partial charge in [0, 0.05) is 12.2 Å². The highest BCUT2D eigenvalue weighted by Crippen LogP contribution is 2.11. The average Bonchev–Trinajstić information content (AvgIpc) is 2.65. The third kappa shape index (κ3) is 18.1. The molecule has 0 aliphatic carbocycles. The Kier molecular flexibility index (Phi) is 18.1. The number of rotatable bonds is 18. The van der Waals surface area contributed by atoms with Crippen LogP contribution >= 0.6 is 0 Å². The van der Waals surface area contributed by atoms with Crippen molar-refractivity contribution in [2.45, 2.75) is 130 Å². The molecule has 2 unspecified atom stereocenters. The zero-order valence-corrected chi connectivity index (χ0v) is 18.8. The van der Waals surface area contributed by atoms with E-state index < -0.39 is 11.9 Å². The monoisotopic (exact) mass is 396 g/mol. The highest BCUT2D eigenvalue weighted by Gasteiger charge is 2.09. The first kappa shape index (κ1) is 26.7. The summed E-state index contributed by atoms with van der Waals surface area (Å²) in [6.45, 7) is 8.22. The molecule has 0 saturated heterocycles.